The van der Waals surface area contributed by atoms with Gasteiger partial charge in [0.25, 0.3) is 0 Å². The van der Waals surface area contributed by atoms with Crippen LogP contribution in [0.1, 0.15) is 0 Å². The van der Waals surface area contributed by atoms with E-state index in [4.69, 9.17) is 0 Å². The van der Waals surface area contributed by atoms with Gasteiger partial charge in [0.1, 0.15) is 0 Å². The van der Waals surface area contributed by atoms with Crippen LogP contribution in [0.15, 0.2) is 30.6 Å². The van der Waals surface area contributed by atoms with Crippen LogP contribution in [0.4, 0.5) is 75.5 Å². The first-order valence-electron chi connectivity index (χ1n) is 4.89. The van der Waals surface area contributed by atoms with Gasteiger partial charge in [0, 0.05) is 12.4 Å². The second kappa shape index (κ2) is 6.93. The van der Waals surface area contributed by atoms with Crippen LogP contribution in [0, 0.1) is 0 Å². The first-order valence-corrected chi connectivity index (χ1v) is 11.0. The summed E-state index contributed by atoms with van der Waals surface area (Å²) < 4.78 is 178. The van der Waals surface area contributed by atoms with E-state index in [9.17, 15) is 75.5 Å². The van der Waals surface area contributed by atoms with Gasteiger partial charge < -0.3 is 0 Å². The zero-order valence-electron chi connectivity index (χ0n) is 11.8. The molecule has 0 saturated heterocycles. The molecule has 0 aliphatic rings. The van der Waals surface area contributed by atoms with Gasteiger partial charge in [-0.05, 0) is 12.1 Å². The fourth-order valence-corrected chi connectivity index (χ4v) is 0.313. The smallest absolute Gasteiger partial charge is 0.265 e. The Labute approximate surface area is 155 Å². The number of rotatable bonds is 0. The van der Waals surface area contributed by atoms with Crippen LogP contribution in [-0.4, -0.2) is 4.98 Å². The van der Waals surface area contributed by atoms with Gasteiger partial charge in [0.2, 0.25) is 0 Å². The van der Waals surface area contributed by atoms with Crippen LogP contribution in [0.3, 0.4) is 0 Å². The Hall–Kier alpha value is -0.171. The zero-order chi connectivity index (χ0) is 23.5. The molecule has 0 unspecified atom stereocenters. The molecule has 28 heavy (non-hydrogen) atoms. The molecule has 1 nitrogen and oxygen atoms in total. The van der Waals surface area contributed by atoms with Crippen molar-refractivity contribution >= 4 is 23.4 Å². The van der Waals surface area contributed by atoms with Crippen molar-refractivity contribution in [1.29, 1.82) is 0 Å². The third-order valence-electron chi connectivity index (χ3n) is 0.566. The number of nitrogens with zero attached hydrogens (tertiary/aromatic N) is 1. The monoisotopic (exact) mass is 707 g/mol. The van der Waals surface area contributed by atoms with E-state index in [1.807, 2.05) is 18.2 Å². The number of hydrogen-bond donors (Lipinski definition) is 0. The van der Waals surface area contributed by atoms with Crippen LogP contribution in [0.2, 0.25) is 0 Å². The Bertz CT molecular complexity index is 463. The molecular weight excluding hydrogens is 701 g/mol. The van der Waals surface area contributed by atoms with Crippen molar-refractivity contribution in [3.63, 3.8) is 0 Å². The SMILES string of the molecule is F[P-](F)(F)(F)(F)F.F[P-](F)(F)(F)(F)F.F[P-](F)(F)(F)(F)F.[Ir+3].c1ccncc1. The second-order valence-electron chi connectivity index (χ2n) is 3.90. The predicted molar refractivity (Wildman–Crippen MR) is 64.9 cm³/mol. The van der Waals surface area contributed by atoms with E-state index in [1.54, 1.807) is 12.4 Å². The molecule has 0 fully saturated rings. The largest absolute Gasteiger partial charge is 3.00 e. The molecule has 1 rings (SSSR count). The standard InChI is InChI=1S/C5H5N.3F6P.Ir/c1-2-4-6-5-3-1;3*1-7(2,3,4,5)6;/h1-5H;;;;/q;3*-1;+3. The molecule has 0 aromatic carbocycles. The van der Waals surface area contributed by atoms with Crippen LogP contribution >= 0.6 is 23.4 Å². The predicted octanol–water partition coefficient (Wildman–Crippen LogP) is 11.2. The normalized spacial score (nSPS) is 19.1. The summed E-state index contributed by atoms with van der Waals surface area (Å²) in [5, 5.41) is 0. The number of pyridine rings is 1. The molecule has 1 aromatic heterocycles. The molecule has 0 saturated carbocycles. The Morgan fingerprint density at radius 1 is 0.357 bits per heavy atom. The average molecular weight is 706 g/mol. The van der Waals surface area contributed by atoms with Gasteiger partial charge in [-0.25, -0.2) is 0 Å². The van der Waals surface area contributed by atoms with Crippen molar-refractivity contribution in [2.24, 2.45) is 0 Å². The number of halogens is 18. The third-order valence-corrected chi connectivity index (χ3v) is 0.566. The molecule has 0 radical (unpaired) electrons. The summed E-state index contributed by atoms with van der Waals surface area (Å²) in [4.78, 5) is 3.78. The van der Waals surface area contributed by atoms with Crippen LogP contribution in [-0.2, 0) is 20.1 Å². The number of hydrogen-bond acceptors (Lipinski definition) is 1. The van der Waals surface area contributed by atoms with Crippen LogP contribution in [0.25, 0.3) is 0 Å². The maximum atomic E-state index is 9.87. The minimum atomic E-state index is -10.7. The van der Waals surface area contributed by atoms with Gasteiger partial charge in [-0.1, -0.05) is 6.07 Å². The first-order chi connectivity index (χ1) is 10.3. The van der Waals surface area contributed by atoms with Crippen molar-refractivity contribution in [1.82, 2.24) is 4.98 Å². The van der Waals surface area contributed by atoms with E-state index in [2.05, 4.69) is 4.98 Å². The van der Waals surface area contributed by atoms with Crippen molar-refractivity contribution < 1.29 is 95.6 Å². The van der Waals surface area contributed by atoms with Crippen LogP contribution in [0.5, 0.6) is 0 Å². The Balaban J connectivity index is -0.000000136. The molecule has 0 atom stereocenters. The summed E-state index contributed by atoms with van der Waals surface area (Å²) in [7, 11) is -32.0. The van der Waals surface area contributed by atoms with Gasteiger partial charge in [-0.3, -0.25) is 4.98 Å². The summed E-state index contributed by atoms with van der Waals surface area (Å²) in [6.07, 6.45) is 3.50. The molecule has 0 aliphatic heterocycles. The maximum absolute atomic E-state index is 10.7. The molecule has 0 N–H and O–H groups in total. The van der Waals surface area contributed by atoms with Crippen molar-refractivity contribution in [3.05, 3.63) is 30.6 Å². The third kappa shape index (κ3) is 469. The first kappa shape index (κ1) is 35.3. The van der Waals surface area contributed by atoms with Gasteiger partial charge in [-0.2, -0.15) is 0 Å². The molecule has 0 amide bonds. The molecular formula is C5H5F18IrNP3. The Morgan fingerprint density at radius 3 is 0.536 bits per heavy atom. The maximum Gasteiger partial charge on any atom is 3.00 e. The summed E-state index contributed by atoms with van der Waals surface area (Å²) in [5.74, 6) is 0. The fraction of sp³-hybridized carbons (Fsp3) is 0. The van der Waals surface area contributed by atoms with E-state index in [0.29, 0.717) is 0 Å². The van der Waals surface area contributed by atoms with Crippen molar-refractivity contribution in [3.8, 4) is 0 Å². The Kier molecular flexibility index (Phi) is 8.73. The van der Waals surface area contributed by atoms with Gasteiger partial charge in [-0.15, -0.1) is 0 Å². The van der Waals surface area contributed by atoms with E-state index in [-0.39, 0.29) is 20.1 Å². The fourth-order valence-electron chi connectivity index (χ4n) is 0.313. The number of aromatic nitrogens is 1. The van der Waals surface area contributed by atoms with Crippen molar-refractivity contribution in [2.75, 3.05) is 0 Å². The van der Waals surface area contributed by atoms with Gasteiger partial charge >= 0.3 is 119 Å². The molecule has 1 aromatic rings. The molecule has 23 heteroatoms. The van der Waals surface area contributed by atoms with E-state index < -0.39 is 23.4 Å². The minimum absolute atomic E-state index is 0. The summed E-state index contributed by atoms with van der Waals surface area (Å²) >= 11 is 0. The van der Waals surface area contributed by atoms with E-state index in [1.165, 1.54) is 0 Å². The molecule has 1 heterocycles. The Morgan fingerprint density at radius 2 is 0.500 bits per heavy atom. The van der Waals surface area contributed by atoms with E-state index in [0.717, 1.165) is 0 Å². The average Bonchev–Trinajstić information content (AvgIpc) is 2.04. The van der Waals surface area contributed by atoms with Gasteiger partial charge in [0.05, 0.1) is 0 Å². The van der Waals surface area contributed by atoms with Crippen LogP contribution < -0.4 is 0 Å². The quantitative estimate of drug-likeness (QED) is 0.193. The summed E-state index contributed by atoms with van der Waals surface area (Å²) in [5.41, 5.74) is 0. The molecule has 0 spiro atoms. The van der Waals surface area contributed by atoms with Gasteiger partial charge in [0.15, 0.2) is 0 Å². The summed E-state index contributed by atoms with van der Waals surface area (Å²) in [6, 6.07) is 5.72. The van der Waals surface area contributed by atoms with E-state index >= 15 is 0 Å². The van der Waals surface area contributed by atoms with Crippen molar-refractivity contribution in [2.45, 2.75) is 0 Å². The molecule has 0 bridgehead atoms. The summed E-state index contributed by atoms with van der Waals surface area (Å²) in [6.45, 7) is 0. The minimum Gasteiger partial charge on any atom is -0.265 e. The zero-order valence-corrected chi connectivity index (χ0v) is 16.9. The topological polar surface area (TPSA) is 12.9 Å². The second-order valence-corrected chi connectivity index (χ2v) is 9.65. The molecule has 180 valence electrons. The molecule has 0 aliphatic carbocycles.